The van der Waals surface area contributed by atoms with Crippen LogP contribution in [0.5, 0.6) is 5.75 Å². The quantitative estimate of drug-likeness (QED) is 0.376. The minimum atomic E-state index is -0.146. The second kappa shape index (κ2) is 8.72. The van der Waals surface area contributed by atoms with Crippen molar-refractivity contribution in [1.82, 2.24) is 20.1 Å². The van der Waals surface area contributed by atoms with Gasteiger partial charge in [0.2, 0.25) is 0 Å². The summed E-state index contributed by atoms with van der Waals surface area (Å²) in [6.07, 6.45) is 0.713. The van der Waals surface area contributed by atoms with Gasteiger partial charge in [0.25, 0.3) is 5.91 Å². The zero-order valence-electron chi connectivity index (χ0n) is 19.3. The number of hydrogen-bond donors (Lipinski definition) is 1. The Hall–Kier alpha value is -4.45. The summed E-state index contributed by atoms with van der Waals surface area (Å²) >= 11 is 0. The molecule has 1 N–H and O–H groups in total. The van der Waals surface area contributed by atoms with Crippen molar-refractivity contribution < 1.29 is 9.53 Å². The monoisotopic (exact) mass is 460 g/mol. The van der Waals surface area contributed by atoms with Gasteiger partial charge in [-0.25, -0.2) is 9.67 Å². The van der Waals surface area contributed by atoms with E-state index in [1.165, 1.54) is 0 Å². The van der Waals surface area contributed by atoms with E-state index in [0.29, 0.717) is 24.2 Å². The first kappa shape index (κ1) is 21.1. The number of aryl methyl sites for hydroxylation is 1. The minimum absolute atomic E-state index is 0.125. The van der Waals surface area contributed by atoms with E-state index >= 15 is 0 Å². The molecule has 1 atom stereocenters. The number of hydrogen-bond acceptors (Lipinski definition) is 4. The maximum absolute atomic E-state index is 13.8. The Bertz CT molecular complexity index is 1530. The van der Waals surface area contributed by atoms with Crippen LogP contribution in [0, 0.1) is 6.92 Å². The molecule has 1 unspecified atom stereocenters. The summed E-state index contributed by atoms with van der Waals surface area (Å²) in [7, 11) is 0. The molecule has 0 aliphatic carbocycles. The second-order valence-electron chi connectivity index (χ2n) is 8.65. The Morgan fingerprint density at radius 1 is 0.971 bits per heavy atom. The molecule has 0 bridgehead atoms. The van der Waals surface area contributed by atoms with Gasteiger partial charge in [0, 0.05) is 17.5 Å². The third-order valence-electron chi connectivity index (χ3n) is 6.39. The summed E-state index contributed by atoms with van der Waals surface area (Å²) in [6, 6.07) is 29.4. The molecular weight excluding hydrogens is 436 g/mol. The van der Waals surface area contributed by atoms with Crippen molar-refractivity contribution in [3.8, 4) is 22.7 Å². The predicted molar refractivity (Wildman–Crippen MR) is 136 cm³/mol. The number of rotatable bonds is 4. The third-order valence-corrected chi connectivity index (χ3v) is 6.39. The lowest BCUT2D eigenvalue weighted by molar-refractivity contribution is 0.0926. The first-order chi connectivity index (χ1) is 17.2. The number of benzene rings is 3. The molecule has 0 saturated carbocycles. The molecule has 1 aliphatic heterocycles. The summed E-state index contributed by atoms with van der Waals surface area (Å²) < 4.78 is 7.60. The summed E-state index contributed by atoms with van der Waals surface area (Å²) in [5.74, 6) is 0.675. The number of nitrogens with one attached hydrogen (secondary N) is 1. The van der Waals surface area contributed by atoms with Gasteiger partial charge >= 0.3 is 0 Å². The molecule has 3 heterocycles. The first-order valence-electron chi connectivity index (χ1n) is 11.7. The molecule has 35 heavy (non-hydrogen) atoms. The number of carbonyl (C=O) groups excluding carboxylic acids is 1. The van der Waals surface area contributed by atoms with Crippen LogP contribution in [0.3, 0.4) is 0 Å². The van der Waals surface area contributed by atoms with E-state index in [1.807, 2.05) is 103 Å². The fourth-order valence-corrected chi connectivity index (χ4v) is 4.70. The van der Waals surface area contributed by atoms with Crippen LogP contribution in [0.25, 0.3) is 28.0 Å². The second-order valence-corrected chi connectivity index (χ2v) is 8.65. The van der Waals surface area contributed by atoms with Crippen molar-refractivity contribution in [2.75, 3.05) is 6.61 Å². The van der Waals surface area contributed by atoms with Gasteiger partial charge in [-0.3, -0.25) is 4.79 Å². The highest BCUT2D eigenvalue weighted by atomic mass is 16.5. The van der Waals surface area contributed by atoms with Crippen molar-refractivity contribution >= 4 is 16.9 Å². The van der Waals surface area contributed by atoms with E-state index in [1.54, 1.807) is 0 Å². The van der Waals surface area contributed by atoms with Crippen molar-refractivity contribution in [2.24, 2.45) is 0 Å². The predicted octanol–water partition coefficient (Wildman–Crippen LogP) is 5.65. The number of nitrogens with zero attached hydrogens (tertiary/aromatic N) is 3. The van der Waals surface area contributed by atoms with E-state index in [9.17, 15) is 4.79 Å². The summed E-state index contributed by atoms with van der Waals surface area (Å²) in [6.45, 7) is 2.49. The van der Waals surface area contributed by atoms with E-state index < -0.39 is 0 Å². The SMILES string of the molecule is Cc1nn(-c2ccccc2)c2nc(-c3ccccc3)cc(C(=O)NC3CCOc4ccccc43)c12. The summed E-state index contributed by atoms with van der Waals surface area (Å²) in [5.41, 5.74) is 5.55. The molecular formula is C29H24N4O2. The molecule has 172 valence electrons. The number of fused-ring (bicyclic) bond motifs is 2. The standard InChI is InChI=1S/C29H24N4O2/c1-19-27-23(29(34)31-24-16-17-35-26-15-9-8-14-22(24)26)18-25(20-10-4-2-5-11-20)30-28(27)33(32-19)21-12-6-3-7-13-21/h2-15,18,24H,16-17H2,1H3,(H,31,34). The first-order valence-corrected chi connectivity index (χ1v) is 11.7. The van der Waals surface area contributed by atoms with Crippen LogP contribution in [-0.4, -0.2) is 27.3 Å². The highest BCUT2D eigenvalue weighted by Gasteiger charge is 2.26. The Morgan fingerprint density at radius 3 is 2.49 bits per heavy atom. The molecule has 0 saturated heterocycles. The highest BCUT2D eigenvalue weighted by molar-refractivity contribution is 6.08. The lowest BCUT2D eigenvalue weighted by Gasteiger charge is -2.26. The van der Waals surface area contributed by atoms with E-state index in [2.05, 4.69) is 5.32 Å². The average Bonchev–Trinajstić information content (AvgIpc) is 3.25. The van der Waals surface area contributed by atoms with Gasteiger partial charge in [-0.1, -0.05) is 66.7 Å². The third kappa shape index (κ3) is 3.83. The van der Waals surface area contributed by atoms with E-state index in [4.69, 9.17) is 14.8 Å². The number of ether oxygens (including phenoxy) is 1. The van der Waals surface area contributed by atoms with Gasteiger partial charge in [-0.2, -0.15) is 5.10 Å². The molecule has 0 spiro atoms. The fourth-order valence-electron chi connectivity index (χ4n) is 4.70. The van der Waals surface area contributed by atoms with Crippen molar-refractivity contribution in [3.63, 3.8) is 0 Å². The number of aromatic nitrogens is 3. The number of amides is 1. The topological polar surface area (TPSA) is 69.0 Å². The molecule has 2 aromatic heterocycles. The van der Waals surface area contributed by atoms with Crippen LogP contribution in [0.4, 0.5) is 0 Å². The normalized spacial score (nSPS) is 14.8. The van der Waals surface area contributed by atoms with Gasteiger partial charge < -0.3 is 10.1 Å². The smallest absolute Gasteiger partial charge is 0.252 e. The van der Waals surface area contributed by atoms with Crippen LogP contribution in [-0.2, 0) is 0 Å². The van der Waals surface area contributed by atoms with E-state index in [-0.39, 0.29) is 11.9 Å². The highest BCUT2D eigenvalue weighted by Crippen LogP contribution is 2.33. The molecule has 1 amide bonds. The Kier molecular flexibility index (Phi) is 5.26. The van der Waals surface area contributed by atoms with Gasteiger partial charge in [-0.15, -0.1) is 0 Å². The molecule has 3 aromatic carbocycles. The zero-order chi connectivity index (χ0) is 23.8. The largest absolute Gasteiger partial charge is 0.493 e. The molecule has 6 nitrogen and oxygen atoms in total. The summed E-state index contributed by atoms with van der Waals surface area (Å²) in [5, 5.41) is 8.79. The molecule has 1 aliphatic rings. The van der Waals surface area contributed by atoms with Crippen LogP contribution in [0.15, 0.2) is 91.0 Å². The Morgan fingerprint density at radius 2 is 1.69 bits per heavy atom. The van der Waals surface area contributed by atoms with Gasteiger partial charge in [0.1, 0.15) is 5.75 Å². The van der Waals surface area contributed by atoms with Crippen molar-refractivity contribution in [2.45, 2.75) is 19.4 Å². The maximum Gasteiger partial charge on any atom is 0.252 e. The van der Waals surface area contributed by atoms with Crippen LogP contribution in [0.1, 0.15) is 34.1 Å². The maximum atomic E-state index is 13.8. The van der Waals surface area contributed by atoms with Gasteiger partial charge in [0.15, 0.2) is 5.65 Å². The molecule has 5 aromatic rings. The molecule has 6 heteroatoms. The molecule has 0 fully saturated rings. The molecule has 6 rings (SSSR count). The average molecular weight is 461 g/mol. The van der Waals surface area contributed by atoms with Gasteiger partial charge in [0.05, 0.1) is 40.7 Å². The van der Waals surface area contributed by atoms with Crippen LogP contribution in [0.2, 0.25) is 0 Å². The van der Waals surface area contributed by atoms with Gasteiger partial charge in [-0.05, 0) is 31.2 Å². The lowest BCUT2D eigenvalue weighted by Crippen LogP contribution is -2.32. The zero-order valence-corrected chi connectivity index (χ0v) is 19.3. The number of pyridine rings is 1. The summed E-state index contributed by atoms with van der Waals surface area (Å²) in [4.78, 5) is 18.8. The number of carbonyl (C=O) groups is 1. The van der Waals surface area contributed by atoms with Crippen LogP contribution >= 0.6 is 0 Å². The van der Waals surface area contributed by atoms with E-state index in [0.717, 1.165) is 39.3 Å². The Labute approximate surface area is 203 Å². The minimum Gasteiger partial charge on any atom is -0.493 e. The molecule has 0 radical (unpaired) electrons. The fraction of sp³-hybridized carbons (Fsp3) is 0.138. The lowest BCUT2D eigenvalue weighted by atomic mass is 9.99. The van der Waals surface area contributed by atoms with Crippen LogP contribution < -0.4 is 10.1 Å². The van der Waals surface area contributed by atoms with Crippen molar-refractivity contribution in [3.05, 3.63) is 108 Å². The number of para-hydroxylation sites is 2. The van der Waals surface area contributed by atoms with Crippen molar-refractivity contribution in [1.29, 1.82) is 0 Å². The Balaban J connectivity index is 1.50.